The Morgan fingerprint density at radius 1 is 0.966 bits per heavy atom. The maximum absolute atomic E-state index is 10.3. The van der Waals surface area contributed by atoms with Crippen LogP contribution in [0.25, 0.3) is 0 Å². The molecule has 0 N–H and O–H groups in total. The van der Waals surface area contributed by atoms with Gasteiger partial charge in [-0.1, -0.05) is 26.8 Å². The molecule has 1 saturated carbocycles. The smallest absolute Gasteiger partial charge is 0.211 e. The summed E-state index contributed by atoms with van der Waals surface area (Å²) in [5.41, 5.74) is 1.77. The molecule has 0 bridgehead atoms. The van der Waals surface area contributed by atoms with Gasteiger partial charge in [-0.2, -0.15) is 9.98 Å². The van der Waals surface area contributed by atoms with Gasteiger partial charge in [0.1, 0.15) is 0 Å². The molecule has 152 valence electrons. The number of carbonyl (C=O) groups excluding carboxylic acids is 4. The number of isocyanates is 4. The predicted octanol–water partition coefficient (Wildman–Crippen LogP) is 4.17. The minimum Gasteiger partial charge on any atom is -0.211 e. The number of hydrogen-bond acceptors (Lipinski definition) is 8. The fraction of sp³-hybridized carbons (Fsp3) is 0.524. The van der Waals surface area contributed by atoms with Crippen molar-refractivity contribution in [1.29, 1.82) is 0 Å². The second kappa shape index (κ2) is 10.9. The summed E-state index contributed by atoms with van der Waals surface area (Å²) in [5.74, 6) is 0. The summed E-state index contributed by atoms with van der Waals surface area (Å²) in [6.07, 6.45) is 8.72. The Kier molecular flexibility index (Phi) is 8.95. The van der Waals surface area contributed by atoms with Crippen molar-refractivity contribution in [1.82, 2.24) is 0 Å². The molecule has 0 amide bonds. The highest BCUT2D eigenvalue weighted by Gasteiger charge is 2.41. The van der Waals surface area contributed by atoms with Gasteiger partial charge in [-0.3, -0.25) is 0 Å². The van der Waals surface area contributed by atoms with E-state index in [-0.39, 0.29) is 16.9 Å². The molecule has 1 fully saturated rings. The zero-order valence-corrected chi connectivity index (χ0v) is 17.1. The summed E-state index contributed by atoms with van der Waals surface area (Å²) in [6, 6.07) is 4.88. The van der Waals surface area contributed by atoms with E-state index in [0.29, 0.717) is 17.9 Å². The van der Waals surface area contributed by atoms with Crippen molar-refractivity contribution < 1.29 is 19.2 Å². The fourth-order valence-electron chi connectivity index (χ4n) is 3.98. The van der Waals surface area contributed by atoms with Crippen LogP contribution in [0.15, 0.2) is 38.2 Å². The van der Waals surface area contributed by atoms with Gasteiger partial charge >= 0.3 is 0 Å². The summed E-state index contributed by atoms with van der Waals surface area (Å²) in [4.78, 5) is 54.8. The van der Waals surface area contributed by atoms with Gasteiger partial charge in [-0.15, -0.1) is 0 Å². The normalized spacial score (nSPS) is 21.6. The van der Waals surface area contributed by atoms with E-state index in [1.807, 2.05) is 0 Å². The van der Waals surface area contributed by atoms with Gasteiger partial charge in [0.25, 0.3) is 0 Å². The van der Waals surface area contributed by atoms with Gasteiger partial charge < -0.3 is 0 Å². The lowest BCUT2D eigenvalue weighted by molar-refractivity contribution is 0.0915. The van der Waals surface area contributed by atoms with Crippen LogP contribution in [0.4, 0.5) is 11.4 Å². The predicted molar refractivity (Wildman–Crippen MR) is 107 cm³/mol. The second-order valence-corrected chi connectivity index (χ2v) is 8.22. The van der Waals surface area contributed by atoms with Gasteiger partial charge in [0, 0.05) is 0 Å². The minimum atomic E-state index is -0.0653. The molecule has 0 aromatic heterocycles. The molecule has 8 heteroatoms. The van der Waals surface area contributed by atoms with E-state index >= 15 is 0 Å². The highest BCUT2D eigenvalue weighted by molar-refractivity contribution is 5.61. The molecule has 1 aliphatic carbocycles. The number of aryl methyl sites for hydroxylation is 1. The lowest BCUT2D eigenvalue weighted by atomic mass is 9.63. The summed E-state index contributed by atoms with van der Waals surface area (Å²) in [6.45, 7) is 8.65. The van der Waals surface area contributed by atoms with E-state index in [1.165, 1.54) is 18.2 Å². The Morgan fingerprint density at radius 3 is 2.24 bits per heavy atom. The van der Waals surface area contributed by atoms with Crippen LogP contribution in [0.2, 0.25) is 0 Å². The van der Waals surface area contributed by atoms with Crippen molar-refractivity contribution in [3.05, 3.63) is 23.8 Å². The number of hydrogen-bond donors (Lipinski definition) is 0. The SMILES string of the molecule is CC1(C)CC(N=C=O)CC(C)(CN=C=O)C1.Cc1ccc(N=C=O)cc1N=C=O. The number of aliphatic imine (C=N–C) groups is 4. The first-order valence-electron chi connectivity index (χ1n) is 9.05. The Balaban J connectivity index is 0.000000296. The van der Waals surface area contributed by atoms with Crippen LogP contribution < -0.4 is 0 Å². The van der Waals surface area contributed by atoms with E-state index < -0.39 is 0 Å². The number of nitrogens with zero attached hydrogens (tertiary/aromatic N) is 4. The van der Waals surface area contributed by atoms with Gasteiger partial charge in [0.15, 0.2) is 0 Å². The lowest BCUT2D eigenvalue weighted by Gasteiger charge is -2.44. The van der Waals surface area contributed by atoms with Crippen LogP contribution in [-0.4, -0.2) is 36.9 Å². The monoisotopic (exact) mass is 396 g/mol. The maximum Gasteiger partial charge on any atom is 0.240 e. The molecule has 0 saturated heterocycles. The first kappa shape index (κ1) is 23.8. The van der Waals surface area contributed by atoms with Crippen LogP contribution in [0, 0.1) is 17.8 Å². The van der Waals surface area contributed by atoms with E-state index in [0.717, 1.165) is 24.8 Å². The summed E-state index contributed by atoms with van der Waals surface area (Å²) in [5, 5.41) is 0. The van der Waals surface area contributed by atoms with Crippen LogP contribution in [-0.2, 0) is 19.2 Å². The molecule has 1 aromatic carbocycles. The summed E-state index contributed by atoms with van der Waals surface area (Å²) < 4.78 is 0. The van der Waals surface area contributed by atoms with Crippen molar-refractivity contribution in [2.24, 2.45) is 30.8 Å². The second-order valence-electron chi connectivity index (χ2n) is 8.22. The molecule has 0 spiro atoms. The third-order valence-corrected chi connectivity index (χ3v) is 4.72. The summed E-state index contributed by atoms with van der Waals surface area (Å²) in [7, 11) is 0. The first-order valence-corrected chi connectivity index (χ1v) is 9.05. The highest BCUT2D eigenvalue weighted by atomic mass is 16.1. The van der Waals surface area contributed by atoms with Crippen molar-refractivity contribution in [3.63, 3.8) is 0 Å². The van der Waals surface area contributed by atoms with E-state index in [9.17, 15) is 19.2 Å². The Bertz CT molecular complexity index is 917. The molecule has 2 atom stereocenters. The van der Waals surface area contributed by atoms with Gasteiger partial charge in [-0.25, -0.2) is 29.2 Å². The van der Waals surface area contributed by atoms with E-state index in [1.54, 1.807) is 31.2 Å². The zero-order chi connectivity index (χ0) is 21.9. The Labute approximate surface area is 169 Å². The topological polar surface area (TPSA) is 118 Å². The van der Waals surface area contributed by atoms with Gasteiger partial charge in [0.2, 0.25) is 24.3 Å². The third kappa shape index (κ3) is 8.10. The lowest BCUT2D eigenvalue weighted by Crippen LogP contribution is -2.39. The standard InChI is InChI=1S/C12H18N2O2.C9H6N2O2/c1-11(2)4-10(14-9-16)5-12(3,6-11)7-13-8-15;1-7-2-3-8(10-5-12)4-9(7)11-6-13/h10H,4-7H2,1-3H3;2-4H,1H3. The number of rotatable bonds is 5. The molecule has 2 rings (SSSR count). The van der Waals surface area contributed by atoms with E-state index in [4.69, 9.17) is 0 Å². The highest BCUT2D eigenvalue weighted by Crippen LogP contribution is 2.47. The van der Waals surface area contributed by atoms with Crippen LogP contribution in [0.1, 0.15) is 45.6 Å². The first-order chi connectivity index (χ1) is 13.7. The maximum atomic E-state index is 10.3. The average Bonchev–Trinajstić information content (AvgIpc) is 2.62. The third-order valence-electron chi connectivity index (χ3n) is 4.72. The Morgan fingerprint density at radius 2 is 1.66 bits per heavy atom. The molecule has 0 heterocycles. The molecule has 8 nitrogen and oxygen atoms in total. The molecule has 29 heavy (non-hydrogen) atoms. The molecule has 0 radical (unpaired) electrons. The number of benzene rings is 1. The summed E-state index contributed by atoms with van der Waals surface area (Å²) >= 11 is 0. The van der Waals surface area contributed by atoms with Crippen LogP contribution in [0.3, 0.4) is 0 Å². The molecule has 1 aliphatic rings. The molecular formula is C21H24N4O4. The van der Waals surface area contributed by atoms with Crippen molar-refractivity contribution in [2.75, 3.05) is 6.54 Å². The molecular weight excluding hydrogens is 372 g/mol. The molecule has 0 aliphatic heterocycles. The van der Waals surface area contributed by atoms with Crippen LogP contribution in [0.5, 0.6) is 0 Å². The quantitative estimate of drug-likeness (QED) is 0.548. The average molecular weight is 396 g/mol. The van der Waals surface area contributed by atoms with E-state index in [2.05, 4.69) is 40.7 Å². The van der Waals surface area contributed by atoms with Gasteiger partial charge in [0.05, 0.1) is 24.0 Å². The minimum absolute atomic E-state index is 0.00750. The van der Waals surface area contributed by atoms with Gasteiger partial charge in [-0.05, 0) is 54.7 Å². The molecule has 2 unspecified atom stereocenters. The largest absolute Gasteiger partial charge is 0.240 e. The van der Waals surface area contributed by atoms with Crippen molar-refractivity contribution in [2.45, 2.75) is 53.0 Å². The Hall–Kier alpha value is -3.26. The van der Waals surface area contributed by atoms with Crippen molar-refractivity contribution >= 4 is 35.7 Å². The fourth-order valence-corrected chi connectivity index (χ4v) is 3.98. The van der Waals surface area contributed by atoms with Crippen LogP contribution >= 0.6 is 0 Å². The van der Waals surface area contributed by atoms with Crippen molar-refractivity contribution in [3.8, 4) is 0 Å². The molecule has 1 aromatic rings. The zero-order valence-electron chi connectivity index (χ0n) is 17.1.